The number of piperidine rings is 1. The number of aromatic nitrogens is 4. The summed E-state index contributed by atoms with van der Waals surface area (Å²) in [5, 5.41) is 21.2. The quantitative estimate of drug-likeness (QED) is 0.275. The molecule has 0 bridgehead atoms. The largest absolute Gasteiger partial charge is 0.465 e. The molecule has 0 atom stereocenters. The lowest BCUT2D eigenvalue weighted by Crippen LogP contribution is -2.43. The van der Waals surface area contributed by atoms with E-state index < -0.39 is 6.09 Å². The molecule has 0 aliphatic carbocycles. The molecule has 204 valence electrons. The number of fused-ring (bicyclic) bond motifs is 1. The Morgan fingerprint density at radius 1 is 1.00 bits per heavy atom. The zero-order valence-electron chi connectivity index (χ0n) is 22.2. The lowest BCUT2D eigenvalue weighted by atomic mass is 10.0. The Morgan fingerprint density at radius 2 is 1.76 bits per heavy atom. The minimum atomic E-state index is -0.964. The van der Waals surface area contributed by atoms with Gasteiger partial charge in [-0.1, -0.05) is 30.3 Å². The molecular formula is C31H28N8O2. The highest BCUT2D eigenvalue weighted by Gasteiger charge is 2.22. The zero-order valence-corrected chi connectivity index (χ0v) is 22.2. The molecule has 0 spiro atoms. The second kappa shape index (κ2) is 11.1. The van der Waals surface area contributed by atoms with Gasteiger partial charge in [0, 0.05) is 43.1 Å². The number of hydrogen-bond acceptors (Lipinski definition) is 7. The monoisotopic (exact) mass is 544 g/mol. The first-order valence-corrected chi connectivity index (χ1v) is 13.4. The number of nitrogens with zero attached hydrogens (tertiary/aromatic N) is 6. The first-order chi connectivity index (χ1) is 20.0. The van der Waals surface area contributed by atoms with Crippen molar-refractivity contribution in [2.45, 2.75) is 25.4 Å². The topological polar surface area (TPSA) is 146 Å². The van der Waals surface area contributed by atoms with Crippen LogP contribution in [0.25, 0.3) is 39.5 Å². The van der Waals surface area contributed by atoms with Gasteiger partial charge in [0.1, 0.15) is 11.3 Å². The molecule has 4 heterocycles. The predicted octanol–water partition coefficient (Wildman–Crippen LogP) is 4.84. The van der Waals surface area contributed by atoms with E-state index in [4.69, 9.17) is 20.8 Å². The summed E-state index contributed by atoms with van der Waals surface area (Å²) in [6, 6.07) is 25.5. The van der Waals surface area contributed by atoms with Gasteiger partial charge in [0.15, 0.2) is 11.5 Å². The van der Waals surface area contributed by atoms with Gasteiger partial charge in [-0.3, -0.25) is 9.47 Å². The summed E-state index contributed by atoms with van der Waals surface area (Å²) in [4.78, 5) is 27.4. The van der Waals surface area contributed by atoms with Gasteiger partial charge in [-0.25, -0.2) is 19.7 Å². The van der Waals surface area contributed by atoms with Crippen LogP contribution in [0, 0.1) is 11.3 Å². The van der Waals surface area contributed by atoms with Crippen LogP contribution >= 0.6 is 0 Å². The number of rotatable bonds is 6. The number of benzene rings is 2. The van der Waals surface area contributed by atoms with Crippen LogP contribution in [0.3, 0.4) is 0 Å². The van der Waals surface area contributed by atoms with E-state index in [1.165, 1.54) is 0 Å². The highest BCUT2D eigenvalue weighted by molar-refractivity contribution is 5.85. The van der Waals surface area contributed by atoms with Crippen molar-refractivity contribution in [1.29, 1.82) is 5.26 Å². The van der Waals surface area contributed by atoms with E-state index in [9.17, 15) is 10.1 Å². The molecule has 0 unspecified atom stereocenters. The van der Waals surface area contributed by atoms with Crippen molar-refractivity contribution < 1.29 is 9.90 Å². The van der Waals surface area contributed by atoms with Crippen molar-refractivity contribution in [3.05, 3.63) is 90.1 Å². The van der Waals surface area contributed by atoms with Crippen LogP contribution in [0.2, 0.25) is 0 Å². The number of carbonyl (C=O) groups is 1. The molecule has 1 saturated heterocycles. The Hall–Kier alpha value is -5.27. The summed E-state index contributed by atoms with van der Waals surface area (Å²) in [6.45, 7) is 2.45. The molecule has 0 radical (unpaired) electrons. The number of carboxylic acid groups (broad SMARTS) is 1. The fraction of sp³-hybridized carbons (Fsp3) is 0.194. The van der Waals surface area contributed by atoms with E-state index >= 15 is 0 Å². The number of hydrogen-bond donors (Lipinski definition) is 3. The molecule has 4 N–H and O–H groups in total. The molecule has 10 heteroatoms. The molecule has 0 saturated carbocycles. The Bertz CT molecular complexity index is 1770. The minimum absolute atomic E-state index is 0.0106. The zero-order chi connectivity index (χ0) is 28.3. The Balaban J connectivity index is 1.37. The van der Waals surface area contributed by atoms with Gasteiger partial charge in [0.2, 0.25) is 0 Å². The normalized spacial score (nSPS) is 14.1. The fourth-order valence-corrected chi connectivity index (χ4v) is 5.36. The number of nitrogen functional groups attached to an aromatic ring is 1. The number of imidazole rings is 1. The molecule has 6 rings (SSSR count). The van der Waals surface area contributed by atoms with Gasteiger partial charge in [-0.05, 0) is 60.9 Å². The molecule has 1 amide bonds. The third-order valence-corrected chi connectivity index (χ3v) is 7.42. The standard InChI is InChI=1S/C31H28N8O2/c32-18-21-4-1-2-5-24(21)26-11-12-27-30(36-26)39(29(37-27)25-6-3-15-34-28(25)33)23-9-7-20(8-10-23)19-38-16-13-22(14-17-38)35-31(40)41/h1-12,15,22,35H,13-14,16-17,19H2,(H2,33,34)(H,40,41). The Morgan fingerprint density at radius 3 is 2.49 bits per heavy atom. The second-order valence-electron chi connectivity index (χ2n) is 10.1. The summed E-state index contributed by atoms with van der Waals surface area (Å²) in [6.07, 6.45) is 2.28. The van der Waals surface area contributed by atoms with Gasteiger partial charge in [0.05, 0.1) is 22.9 Å². The van der Waals surface area contributed by atoms with Gasteiger partial charge >= 0.3 is 6.09 Å². The van der Waals surface area contributed by atoms with Crippen LogP contribution in [0.5, 0.6) is 0 Å². The van der Waals surface area contributed by atoms with Crippen molar-refractivity contribution in [1.82, 2.24) is 29.7 Å². The summed E-state index contributed by atoms with van der Waals surface area (Å²) in [5.74, 6) is 1.00. The second-order valence-corrected chi connectivity index (χ2v) is 10.1. The third kappa shape index (κ3) is 5.31. The summed E-state index contributed by atoms with van der Waals surface area (Å²) >= 11 is 0. The summed E-state index contributed by atoms with van der Waals surface area (Å²) < 4.78 is 1.98. The maximum atomic E-state index is 10.9. The summed E-state index contributed by atoms with van der Waals surface area (Å²) in [5.41, 5.74) is 12.3. The Labute approximate surface area is 236 Å². The number of pyridine rings is 2. The highest BCUT2D eigenvalue weighted by Crippen LogP contribution is 2.32. The molecule has 41 heavy (non-hydrogen) atoms. The van der Waals surface area contributed by atoms with Gasteiger partial charge in [-0.15, -0.1) is 0 Å². The smallest absolute Gasteiger partial charge is 0.404 e. The number of nitrogens with two attached hydrogens (primary N) is 1. The van der Waals surface area contributed by atoms with Crippen LogP contribution in [0.15, 0.2) is 79.0 Å². The van der Waals surface area contributed by atoms with Crippen LogP contribution < -0.4 is 11.1 Å². The maximum absolute atomic E-state index is 10.9. The number of nitriles is 1. The van der Waals surface area contributed by atoms with Gasteiger partial charge < -0.3 is 16.2 Å². The number of amides is 1. The average molecular weight is 545 g/mol. The lowest BCUT2D eigenvalue weighted by molar-refractivity contribution is 0.165. The highest BCUT2D eigenvalue weighted by atomic mass is 16.4. The van der Waals surface area contributed by atoms with Crippen molar-refractivity contribution >= 4 is 23.1 Å². The third-order valence-electron chi connectivity index (χ3n) is 7.42. The van der Waals surface area contributed by atoms with E-state index in [0.29, 0.717) is 39.6 Å². The summed E-state index contributed by atoms with van der Waals surface area (Å²) in [7, 11) is 0. The minimum Gasteiger partial charge on any atom is -0.465 e. The number of nitrogens with one attached hydrogen (secondary N) is 1. The SMILES string of the molecule is N#Cc1ccccc1-c1ccc2nc(-c3cccnc3N)n(-c3ccc(CN4CCC(NC(=O)O)CC4)cc3)c2n1. The van der Waals surface area contributed by atoms with Crippen molar-refractivity contribution in [2.24, 2.45) is 0 Å². The predicted molar refractivity (Wildman–Crippen MR) is 156 cm³/mol. The van der Waals surface area contributed by atoms with Crippen LogP contribution in [0.1, 0.15) is 24.0 Å². The van der Waals surface area contributed by atoms with E-state index in [2.05, 4.69) is 33.4 Å². The molecule has 2 aromatic carbocycles. The fourth-order valence-electron chi connectivity index (χ4n) is 5.36. The molecule has 10 nitrogen and oxygen atoms in total. The molecular weight excluding hydrogens is 516 g/mol. The van der Waals surface area contributed by atoms with Crippen LogP contribution in [-0.2, 0) is 6.54 Å². The van der Waals surface area contributed by atoms with Crippen molar-refractivity contribution in [3.63, 3.8) is 0 Å². The van der Waals surface area contributed by atoms with E-state index in [1.54, 1.807) is 12.3 Å². The van der Waals surface area contributed by atoms with Crippen molar-refractivity contribution in [3.8, 4) is 34.4 Å². The molecule has 1 aliphatic rings. The molecule has 5 aromatic rings. The average Bonchev–Trinajstić information content (AvgIpc) is 3.37. The van der Waals surface area contributed by atoms with E-state index in [1.807, 2.05) is 59.2 Å². The van der Waals surface area contributed by atoms with Crippen molar-refractivity contribution in [2.75, 3.05) is 18.8 Å². The first kappa shape index (κ1) is 26.0. The van der Waals surface area contributed by atoms with E-state index in [-0.39, 0.29) is 6.04 Å². The molecule has 3 aromatic heterocycles. The van der Waals surface area contributed by atoms with Crippen LogP contribution in [0.4, 0.5) is 10.6 Å². The maximum Gasteiger partial charge on any atom is 0.404 e. The Kier molecular flexibility index (Phi) is 7.02. The van der Waals surface area contributed by atoms with Gasteiger partial charge in [-0.2, -0.15) is 5.26 Å². The van der Waals surface area contributed by atoms with E-state index in [0.717, 1.165) is 49.3 Å². The number of likely N-dealkylation sites (tertiary alicyclic amines) is 1. The molecule has 1 fully saturated rings. The number of anilines is 1. The lowest BCUT2D eigenvalue weighted by Gasteiger charge is -2.31. The van der Waals surface area contributed by atoms with Crippen LogP contribution in [-0.4, -0.2) is 54.8 Å². The van der Waals surface area contributed by atoms with Gasteiger partial charge in [0.25, 0.3) is 0 Å². The molecule has 1 aliphatic heterocycles. The first-order valence-electron chi connectivity index (χ1n) is 13.4.